The number of alkyl halides is 3. The fourth-order valence-corrected chi connectivity index (χ4v) is 4.17. The van der Waals surface area contributed by atoms with Gasteiger partial charge in [0.2, 0.25) is 0 Å². The van der Waals surface area contributed by atoms with Gasteiger partial charge in [0.05, 0.1) is 0 Å². The fourth-order valence-electron chi connectivity index (χ4n) is 2.86. The van der Waals surface area contributed by atoms with Gasteiger partial charge in [0.15, 0.2) is 9.84 Å². The highest BCUT2D eigenvalue weighted by molar-refractivity contribution is 7.99. The van der Waals surface area contributed by atoms with Crippen molar-refractivity contribution in [3.63, 3.8) is 0 Å². The average molecular weight is 512 g/mol. The predicted octanol–water partition coefficient (Wildman–Crippen LogP) is 5.38. The average Bonchev–Trinajstić information content (AvgIpc) is 2.77. The van der Waals surface area contributed by atoms with Crippen LogP contribution in [0.25, 0.3) is 0 Å². The molecule has 180 valence electrons. The van der Waals surface area contributed by atoms with E-state index >= 15 is 0 Å². The van der Waals surface area contributed by atoms with Crippen LogP contribution in [0.2, 0.25) is 0 Å². The third kappa shape index (κ3) is 7.42. The molecule has 0 unspecified atom stereocenters. The van der Waals surface area contributed by atoms with Crippen molar-refractivity contribution in [3.05, 3.63) is 83.4 Å². The van der Waals surface area contributed by atoms with E-state index in [4.69, 9.17) is 4.74 Å². The number of hydrogen-bond acceptors (Lipinski definition) is 6. The van der Waals surface area contributed by atoms with Crippen molar-refractivity contribution < 1.29 is 36.2 Å². The zero-order valence-electron chi connectivity index (χ0n) is 17.8. The Bertz CT molecular complexity index is 1260. The van der Waals surface area contributed by atoms with E-state index in [0.29, 0.717) is 16.9 Å². The van der Waals surface area contributed by atoms with Crippen molar-refractivity contribution in [2.45, 2.75) is 22.8 Å². The lowest BCUT2D eigenvalue weighted by Gasteiger charge is -2.10. The normalized spacial score (nSPS) is 11.8. The molecule has 34 heavy (non-hydrogen) atoms. The molecule has 0 saturated heterocycles. The number of benzene rings is 3. The van der Waals surface area contributed by atoms with E-state index in [-0.39, 0.29) is 34.7 Å². The summed E-state index contributed by atoms with van der Waals surface area (Å²) in [4.78, 5) is 12.2. The minimum absolute atomic E-state index is 0.102. The SMILES string of the molecule is CS(=O)(=O)c1cc(NC(=O)c2ccc(COc3ccc(CSC(F)(F)F)cc3)cc2)ccc1O. The molecule has 0 atom stereocenters. The number of rotatable bonds is 8. The van der Waals surface area contributed by atoms with Crippen molar-refractivity contribution in [2.24, 2.45) is 0 Å². The van der Waals surface area contributed by atoms with Gasteiger partial charge in [-0.3, -0.25) is 4.79 Å². The first kappa shape index (κ1) is 25.4. The number of carbonyl (C=O) groups excluding carboxylic acids is 1. The summed E-state index contributed by atoms with van der Waals surface area (Å²) in [7, 11) is -3.66. The number of hydrogen-bond donors (Lipinski definition) is 2. The molecule has 1 amide bonds. The summed E-state index contributed by atoms with van der Waals surface area (Å²) in [6.45, 7) is 0.189. The molecule has 0 aliphatic heterocycles. The number of ether oxygens (including phenoxy) is 1. The Morgan fingerprint density at radius 2 is 1.62 bits per heavy atom. The van der Waals surface area contributed by atoms with E-state index in [0.717, 1.165) is 11.8 Å². The number of thioether (sulfide) groups is 1. The van der Waals surface area contributed by atoms with Gasteiger partial charge in [0, 0.05) is 23.3 Å². The molecule has 0 saturated carbocycles. The number of halogens is 3. The Kier molecular flexibility index (Phi) is 7.78. The summed E-state index contributed by atoms with van der Waals surface area (Å²) in [5, 5.41) is 12.3. The van der Waals surface area contributed by atoms with Gasteiger partial charge in [-0.05, 0) is 65.4 Å². The van der Waals surface area contributed by atoms with Gasteiger partial charge in [-0.15, -0.1) is 0 Å². The minimum Gasteiger partial charge on any atom is -0.507 e. The van der Waals surface area contributed by atoms with Crippen LogP contribution in [0.3, 0.4) is 0 Å². The first-order valence-corrected chi connectivity index (χ1v) is 12.6. The van der Waals surface area contributed by atoms with Gasteiger partial charge in [0.1, 0.15) is 23.0 Å². The lowest BCUT2D eigenvalue weighted by Crippen LogP contribution is -2.12. The van der Waals surface area contributed by atoms with Gasteiger partial charge >= 0.3 is 5.51 Å². The second-order valence-corrected chi connectivity index (χ2v) is 10.3. The maximum atomic E-state index is 12.5. The molecule has 0 aliphatic rings. The maximum absolute atomic E-state index is 12.5. The van der Waals surface area contributed by atoms with Crippen molar-refractivity contribution >= 4 is 33.2 Å². The summed E-state index contributed by atoms with van der Waals surface area (Å²) < 4.78 is 65.9. The van der Waals surface area contributed by atoms with Crippen LogP contribution in [-0.2, 0) is 22.2 Å². The number of nitrogens with one attached hydrogen (secondary N) is 1. The van der Waals surface area contributed by atoms with Crippen LogP contribution in [-0.4, -0.2) is 31.2 Å². The standard InChI is InChI=1S/C23H20F3NO5S2/c1-34(30,31)21-12-18(8-11-20(21)28)27-22(29)17-6-2-15(3-7-17)13-32-19-9-4-16(5-10-19)14-33-23(24,25)26/h2-12,28H,13-14H2,1H3,(H,27,29). The first-order chi connectivity index (χ1) is 15.9. The number of sulfone groups is 1. The summed E-state index contributed by atoms with van der Waals surface area (Å²) in [5.74, 6) is -0.547. The molecular weight excluding hydrogens is 491 g/mol. The van der Waals surface area contributed by atoms with E-state index in [2.05, 4.69) is 5.32 Å². The second kappa shape index (κ2) is 10.4. The predicted molar refractivity (Wildman–Crippen MR) is 124 cm³/mol. The molecule has 11 heteroatoms. The monoisotopic (exact) mass is 511 g/mol. The van der Waals surface area contributed by atoms with Crippen LogP contribution >= 0.6 is 11.8 Å². The zero-order valence-corrected chi connectivity index (χ0v) is 19.4. The van der Waals surface area contributed by atoms with Crippen molar-refractivity contribution in [1.29, 1.82) is 0 Å². The Morgan fingerprint density at radius 1 is 1.00 bits per heavy atom. The highest BCUT2D eigenvalue weighted by Gasteiger charge is 2.27. The molecule has 0 aliphatic carbocycles. The highest BCUT2D eigenvalue weighted by atomic mass is 32.2. The molecule has 0 spiro atoms. The molecule has 0 bridgehead atoms. The van der Waals surface area contributed by atoms with E-state index in [1.54, 1.807) is 48.5 Å². The largest absolute Gasteiger partial charge is 0.507 e. The summed E-state index contributed by atoms with van der Waals surface area (Å²) in [6.07, 6.45) is 0.954. The zero-order chi connectivity index (χ0) is 24.9. The van der Waals surface area contributed by atoms with Crippen LogP contribution < -0.4 is 10.1 Å². The molecular formula is C23H20F3NO5S2. The highest BCUT2D eigenvalue weighted by Crippen LogP contribution is 2.33. The molecule has 3 aromatic carbocycles. The third-order valence-electron chi connectivity index (χ3n) is 4.56. The molecule has 3 rings (SSSR count). The van der Waals surface area contributed by atoms with Gasteiger partial charge in [-0.1, -0.05) is 24.3 Å². The number of anilines is 1. The number of phenols is 1. The molecule has 0 fully saturated rings. The van der Waals surface area contributed by atoms with E-state index in [9.17, 15) is 31.5 Å². The Morgan fingerprint density at radius 3 is 2.21 bits per heavy atom. The fraction of sp³-hybridized carbons (Fsp3) is 0.174. The van der Waals surface area contributed by atoms with Crippen LogP contribution in [0.15, 0.2) is 71.6 Å². The van der Waals surface area contributed by atoms with Crippen LogP contribution in [0.1, 0.15) is 21.5 Å². The number of aromatic hydroxyl groups is 1. The summed E-state index contributed by atoms with van der Waals surface area (Å²) >= 11 is -0.102. The lowest BCUT2D eigenvalue weighted by molar-refractivity contribution is -0.0329. The van der Waals surface area contributed by atoms with Crippen LogP contribution in [0.5, 0.6) is 11.5 Å². The van der Waals surface area contributed by atoms with Crippen LogP contribution in [0.4, 0.5) is 18.9 Å². The van der Waals surface area contributed by atoms with Gasteiger partial charge in [-0.2, -0.15) is 13.2 Å². The van der Waals surface area contributed by atoms with E-state index < -0.39 is 27.0 Å². The number of amides is 1. The Labute approximate surface area is 198 Å². The van der Waals surface area contributed by atoms with Gasteiger partial charge in [0.25, 0.3) is 5.91 Å². The summed E-state index contributed by atoms with van der Waals surface area (Å²) in [5.41, 5.74) is -2.45. The quantitative estimate of drug-likeness (QED) is 0.395. The molecule has 0 heterocycles. The van der Waals surface area contributed by atoms with Gasteiger partial charge < -0.3 is 15.2 Å². The van der Waals surface area contributed by atoms with Crippen LogP contribution in [0, 0.1) is 0 Å². The van der Waals surface area contributed by atoms with Crippen molar-refractivity contribution in [3.8, 4) is 11.5 Å². The van der Waals surface area contributed by atoms with Gasteiger partial charge in [-0.25, -0.2) is 8.42 Å². The minimum atomic E-state index is -4.28. The molecule has 6 nitrogen and oxygen atoms in total. The van der Waals surface area contributed by atoms with E-state index in [1.165, 1.54) is 18.2 Å². The summed E-state index contributed by atoms with van der Waals surface area (Å²) in [6, 6.07) is 16.6. The second-order valence-electron chi connectivity index (χ2n) is 7.27. The molecule has 3 aromatic rings. The Balaban J connectivity index is 1.56. The molecule has 0 aromatic heterocycles. The number of carbonyl (C=O) groups is 1. The Hall–Kier alpha value is -3.18. The molecule has 0 radical (unpaired) electrons. The molecule has 2 N–H and O–H groups in total. The first-order valence-electron chi connectivity index (χ1n) is 9.76. The lowest BCUT2D eigenvalue weighted by atomic mass is 10.1. The third-order valence-corrected chi connectivity index (χ3v) is 6.50. The topological polar surface area (TPSA) is 92.7 Å². The van der Waals surface area contributed by atoms with Crippen molar-refractivity contribution in [2.75, 3.05) is 11.6 Å². The maximum Gasteiger partial charge on any atom is 0.442 e. The van der Waals surface area contributed by atoms with Crippen molar-refractivity contribution in [1.82, 2.24) is 0 Å². The smallest absolute Gasteiger partial charge is 0.442 e. The number of phenolic OH excluding ortho intramolecular Hbond substituents is 1. The van der Waals surface area contributed by atoms with E-state index in [1.807, 2.05) is 0 Å².